The van der Waals surface area contributed by atoms with Gasteiger partial charge in [0.25, 0.3) is 0 Å². The second-order valence-corrected chi connectivity index (χ2v) is 4.53. The zero-order valence-electron chi connectivity index (χ0n) is 10.8. The highest BCUT2D eigenvalue weighted by atomic mass is 16.1. The zero-order chi connectivity index (χ0) is 13.9. The summed E-state index contributed by atoms with van der Waals surface area (Å²) in [5.74, 6) is -0.0823. The maximum Gasteiger partial charge on any atom is 0.187 e. The maximum absolute atomic E-state index is 12.3. The minimum Gasteiger partial charge on any atom is -0.398 e. The molecule has 2 heterocycles. The van der Waals surface area contributed by atoms with Crippen LogP contribution in [0.15, 0.2) is 54.7 Å². The van der Waals surface area contributed by atoms with Crippen molar-refractivity contribution in [2.24, 2.45) is 0 Å². The molecule has 0 spiro atoms. The number of hydrogen-bond acceptors (Lipinski definition) is 4. The van der Waals surface area contributed by atoms with Gasteiger partial charge in [0.1, 0.15) is 5.69 Å². The molecule has 0 aliphatic carbocycles. The second-order valence-electron chi connectivity index (χ2n) is 4.53. The molecule has 1 aromatic carbocycles. The summed E-state index contributed by atoms with van der Waals surface area (Å²) in [6.45, 7) is 0. The molecule has 0 radical (unpaired) electrons. The fourth-order valence-corrected chi connectivity index (χ4v) is 2.10. The topological polar surface area (TPSA) is 68.9 Å². The van der Waals surface area contributed by atoms with Crippen LogP contribution < -0.4 is 5.73 Å². The van der Waals surface area contributed by atoms with Crippen LogP contribution in [-0.2, 0) is 6.42 Å². The number of carbonyl (C=O) groups excluding carboxylic acids is 1. The first-order valence-electron chi connectivity index (χ1n) is 6.32. The van der Waals surface area contributed by atoms with Crippen molar-refractivity contribution in [3.8, 4) is 0 Å². The third-order valence-corrected chi connectivity index (χ3v) is 3.10. The predicted molar refractivity (Wildman–Crippen MR) is 78.4 cm³/mol. The zero-order valence-corrected chi connectivity index (χ0v) is 10.8. The summed E-state index contributed by atoms with van der Waals surface area (Å²) in [4.78, 5) is 20.8. The number of anilines is 1. The van der Waals surface area contributed by atoms with E-state index in [-0.39, 0.29) is 12.2 Å². The number of hydrogen-bond donors (Lipinski definition) is 1. The molecule has 3 rings (SSSR count). The number of aromatic nitrogens is 2. The Kier molecular flexibility index (Phi) is 3.13. The number of fused-ring (bicyclic) bond motifs is 1. The number of nitrogen functional groups attached to an aromatic ring is 1. The van der Waals surface area contributed by atoms with Gasteiger partial charge in [-0.25, -0.2) is 4.98 Å². The molecule has 98 valence electrons. The molecule has 4 nitrogen and oxygen atoms in total. The van der Waals surface area contributed by atoms with Gasteiger partial charge in [0.15, 0.2) is 5.78 Å². The second kappa shape index (κ2) is 5.09. The Labute approximate surface area is 116 Å². The first-order valence-corrected chi connectivity index (χ1v) is 6.32. The molecule has 2 aromatic heterocycles. The van der Waals surface area contributed by atoms with Crippen LogP contribution in [-0.4, -0.2) is 15.8 Å². The van der Waals surface area contributed by atoms with Crippen molar-refractivity contribution in [2.45, 2.75) is 6.42 Å². The average Bonchev–Trinajstić information content (AvgIpc) is 2.48. The van der Waals surface area contributed by atoms with Crippen LogP contribution in [0.1, 0.15) is 16.2 Å². The number of Topliss-reactive ketones (excluding diaryl/α,β-unsaturated/α-hetero) is 1. The lowest BCUT2D eigenvalue weighted by Gasteiger charge is -2.05. The van der Waals surface area contributed by atoms with Gasteiger partial charge in [-0.3, -0.25) is 9.78 Å². The van der Waals surface area contributed by atoms with E-state index in [1.165, 1.54) is 0 Å². The van der Waals surface area contributed by atoms with E-state index in [1.807, 2.05) is 42.5 Å². The van der Waals surface area contributed by atoms with E-state index in [0.717, 1.165) is 16.6 Å². The van der Waals surface area contributed by atoms with E-state index in [0.29, 0.717) is 11.4 Å². The van der Waals surface area contributed by atoms with Gasteiger partial charge in [-0.2, -0.15) is 0 Å². The quantitative estimate of drug-likeness (QED) is 0.737. The number of nitrogens with two attached hydrogens (primary N) is 1. The monoisotopic (exact) mass is 263 g/mol. The largest absolute Gasteiger partial charge is 0.398 e. The van der Waals surface area contributed by atoms with E-state index < -0.39 is 0 Å². The van der Waals surface area contributed by atoms with Gasteiger partial charge in [-0.05, 0) is 24.3 Å². The molecule has 4 heteroatoms. The third-order valence-electron chi connectivity index (χ3n) is 3.10. The van der Waals surface area contributed by atoms with Crippen LogP contribution >= 0.6 is 0 Å². The lowest BCUT2D eigenvalue weighted by Crippen LogP contribution is -2.08. The number of carbonyl (C=O) groups is 1. The van der Waals surface area contributed by atoms with Crippen molar-refractivity contribution in [2.75, 3.05) is 5.73 Å². The Morgan fingerprint density at radius 2 is 1.90 bits per heavy atom. The summed E-state index contributed by atoms with van der Waals surface area (Å²) >= 11 is 0. The Balaban J connectivity index is 1.96. The van der Waals surface area contributed by atoms with Crippen molar-refractivity contribution in [3.05, 3.63) is 66.1 Å². The molecular weight excluding hydrogens is 250 g/mol. The Bertz CT molecular complexity index is 769. The lowest BCUT2D eigenvalue weighted by atomic mass is 10.1. The van der Waals surface area contributed by atoms with Crippen LogP contribution in [0.5, 0.6) is 0 Å². The number of para-hydroxylation sites is 1. The van der Waals surface area contributed by atoms with E-state index in [2.05, 4.69) is 9.97 Å². The van der Waals surface area contributed by atoms with Crippen LogP contribution in [0.4, 0.5) is 5.69 Å². The molecule has 0 aliphatic rings. The maximum atomic E-state index is 12.3. The van der Waals surface area contributed by atoms with Gasteiger partial charge >= 0.3 is 0 Å². The highest BCUT2D eigenvalue weighted by molar-refractivity contribution is 6.00. The molecule has 0 saturated heterocycles. The highest BCUT2D eigenvalue weighted by Gasteiger charge is 2.12. The fraction of sp³-hybridized carbons (Fsp3) is 0.0625. The number of rotatable bonds is 3. The lowest BCUT2D eigenvalue weighted by molar-refractivity contribution is 0.0987. The van der Waals surface area contributed by atoms with Crippen LogP contribution in [0.3, 0.4) is 0 Å². The first-order chi connectivity index (χ1) is 9.74. The van der Waals surface area contributed by atoms with Crippen molar-refractivity contribution >= 4 is 22.4 Å². The van der Waals surface area contributed by atoms with E-state index in [9.17, 15) is 4.79 Å². The van der Waals surface area contributed by atoms with Crippen molar-refractivity contribution in [3.63, 3.8) is 0 Å². The molecule has 0 fully saturated rings. The number of nitrogens with zero attached hydrogens (tertiary/aromatic N) is 2. The molecule has 3 aromatic rings. The first kappa shape index (κ1) is 12.3. The van der Waals surface area contributed by atoms with E-state index >= 15 is 0 Å². The molecule has 0 bridgehead atoms. The van der Waals surface area contributed by atoms with Gasteiger partial charge in [-0.1, -0.05) is 24.3 Å². The van der Waals surface area contributed by atoms with Crippen molar-refractivity contribution in [1.82, 2.24) is 9.97 Å². The predicted octanol–water partition coefficient (Wildman–Crippen LogP) is 2.64. The molecule has 0 amide bonds. The van der Waals surface area contributed by atoms with Gasteiger partial charge < -0.3 is 5.73 Å². The number of benzene rings is 1. The molecule has 2 N–H and O–H groups in total. The van der Waals surface area contributed by atoms with Crippen LogP contribution in [0.25, 0.3) is 10.9 Å². The summed E-state index contributed by atoms with van der Waals surface area (Å²) in [5, 5.41) is 0.863. The average molecular weight is 263 g/mol. The SMILES string of the molecule is Nc1cc(C(=O)Cc2ccccn2)nc2ccccc12. The summed E-state index contributed by atoms with van der Waals surface area (Å²) in [7, 11) is 0. The van der Waals surface area contributed by atoms with E-state index in [4.69, 9.17) is 5.73 Å². The van der Waals surface area contributed by atoms with Gasteiger partial charge in [-0.15, -0.1) is 0 Å². The summed E-state index contributed by atoms with van der Waals surface area (Å²) in [6, 6.07) is 14.7. The summed E-state index contributed by atoms with van der Waals surface area (Å²) < 4.78 is 0. The molecule has 0 unspecified atom stereocenters. The van der Waals surface area contributed by atoms with Crippen LogP contribution in [0.2, 0.25) is 0 Å². The highest BCUT2D eigenvalue weighted by Crippen LogP contribution is 2.20. The smallest absolute Gasteiger partial charge is 0.187 e. The van der Waals surface area contributed by atoms with E-state index in [1.54, 1.807) is 12.3 Å². The Morgan fingerprint density at radius 3 is 2.70 bits per heavy atom. The summed E-state index contributed by atoms with van der Waals surface area (Å²) in [6.07, 6.45) is 1.90. The van der Waals surface area contributed by atoms with Gasteiger partial charge in [0.2, 0.25) is 0 Å². The Hall–Kier alpha value is -2.75. The number of pyridine rings is 2. The van der Waals surface area contributed by atoms with Crippen LogP contribution in [0, 0.1) is 0 Å². The standard InChI is InChI=1S/C16H13N3O/c17-13-10-15(19-14-7-2-1-6-12(13)14)16(20)9-11-5-3-4-8-18-11/h1-8,10H,9H2,(H2,17,19). The molecular formula is C16H13N3O. The van der Waals surface area contributed by atoms with Gasteiger partial charge in [0.05, 0.1) is 11.9 Å². The Morgan fingerprint density at radius 1 is 1.10 bits per heavy atom. The molecule has 0 atom stereocenters. The third kappa shape index (κ3) is 2.36. The minimum atomic E-state index is -0.0823. The van der Waals surface area contributed by atoms with Crippen molar-refractivity contribution < 1.29 is 4.79 Å². The molecule has 0 saturated carbocycles. The number of ketones is 1. The summed E-state index contributed by atoms with van der Waals surface area (Å²) in [5.41, 5.74) is 8.39. The molecule has 20 heavy (non-hydrogen) atoms. The van der Waals surface area contributed by atoms with Gasteiger partial charge in [0, 0.05) is 23.0 Å². The fourth-order valence-electron chi connectivity index (χ4n) is 2.10. The molecule has 0 aliphatic heterocycles. The van der Waals surface area contributed by atoms with Crippen molar-refractivity contribution in [1.29, 1.82) is 0 Å². The normalized spacial score (nSPS) is 10.6. The minimum absolute atomic E-state index is 0.0823.